The zero-order chi connectivity index (χ0) is 14.8. The van der Waals surface area contributed by atoms with E-state index in [1.807, 2.05) is 0 Å². The Labute approximate surface area is 129 Å². The predicted octanol–water partition coefficient (Wildman–Crippen LogP) is 3.85. The van der Waals surface area contributed by atoms with Crippen molar-refractivity contribution in [3.05, 3.63) is 53.7 Å². The van der Waals surface area contributed by atoms with Crippen LogP contribution in [0.1, 0.15) is 10.4 Å². The normalized spacial score (nSPS) is 10.6. The summed E-state index contributed by atoms with van der Waals surface area (Å²) in [6.45, 7) is 0. The Hall–Kier alpha value is -2.24. The molecule has 0 spiro atoms. The van der Waals surface area contributed by atoms with E-state index in [0.717, 1.165) is 5.39 Å². The largest absolute Gasteiger partial charge is 0.439 e. The highest BCUT2D eigenvalue weighted by molar-refractivity contribution is 6.68. The van der Waals surface area contributed by atoms with E-state index in [4.69, 9.17) is 27.9 Å². The fourth-order valence-corrected chi connectivity index (χ4v) is 2.16. The summed E-state index contributed by atoms with van der Waals surface area (Å²) in [5, 5.41) is 1.18. The van der Waals surface area contributed by atoms with Gasteiger partial charge in [-0.2, -0.15) is 0 Å². The molecule has 3 rings (SSSR count). The van der Waals surface area contributed by atoms with Crippen molar-refractivity contribution in [2.45, 2.75) is 0 Å². The number of carbonyl (C=O) groups excluding carboxylic acids is 1. The first kappa shape index (κ1) is 13.7. The smallest absolute Gasteiger partial charge is 0.254 e. The lowest BCUT2D eigenvalue weighted by Crippen LogP contribution is -1.93. The van der Waals surface area contributed by atoms with Gasteiger partial charge in [-0.15, -0.1) is 0 Å². The molecular weight excluding hydrogens is 313 g/mol. The summed E-state index contributed by atoms with van der Waals surface area (Å²) in [5.41, 5.74) is 0.353. The highest BCUT2D eigenvalue weighted by Crippen LogP contribution is 2.27. The van der Waals surface area contributed by atoms with Gasteiger partial charge >= 0.3 is 0 Å². The number of halogens is 2. The minimum absolute atomic E-state index is 0.289. The van der Waals surface area contributed by atoms with Crippen molar-refractivity contribution in [1.82, 2.24) is 15.0 Å². The van der Waals surface area contributed by atoms with Crippen LogP contribution < -0.4 is 4.74 Å². The Kier molecular flexibility index (Phi) is 3.68. The third-order valence-electron chi connectivity index (χ3n) is 2.77. The lowest BCUT2D eigenvalue weighted by molar-refractivity contribution is 0.108. The average molecular weight is 320 g/mol. The van der Waals surface area contributed by atoms with Gasteiger partial charge in [-0.1, -0.05) is 11.6 Å². The Morgan fingerprint density at radius 1 is 1.14 bits per heavy atom. The van der Waals surface area contributed by atoms with Crippen molar-refractivity contribution < 1.29 is 9.53 Å². The highest BCUT2D eigenvalue weighted by Gasteiger charge is 2.09. The number of nitrogens with zero attached hydrogens (tertiary/aromatic N) is 3. The molecule has 0 aliphatic heterocycles. The summed E-state index contributed by atoms with van der Waals surface area (Å²) >= 11 is 11.3. The Morgan fingerprint density at radius 3 is 2.76 bits per heavy atom. The Bertz CT molecular complexity index is 839. The van der Waals surface area contributed by atoms with Crippen molar-refractivity contribution in [3.8, 4) is 11.6 Å². The number of benzene rings is 1. The summed E-state index contributed by atoms with van der Waals surface area (Å²) in [6, 6.07) is 6.69. The van der Waals surface area contributed by atoms with E-state index >= 15 is 0 Å². The Morgan fingerprint density at radius 2 is 2.00 bits per heavy atom. The Balaban J connectivity index is 2.00. The molecule has 5 nitrogen and oxygen atoms in total. The van der Waals surface area contributed by atoms with E-state index in [-0.39, 0.29) is 5.15 Å². The van der Waals surface area contributed by atoms with E-state index in [1.54, 1.807) is 24.4 Å². The van der Waals surface area contributed by atoms with E-state index in [0.29, 0.717) is 22.6 Å². The minimum atomic E-state index is -0.552. The molecular formula is C14H7Cl2N3O2. The lowest BCUT2D eigenvalue weighted by Gasteiger charge is -2.07. The zero-order valence-electron chi connectivity index (χ0n) is 10.5. The number of pyridine rings is 1. The van der Waals surface area contributed by atoms with Crippen molar-refractivity contribution in [3.63, 3.8) is 0 Å². The molecule has 0 bridgehead atoms. The van der Waals surface area contributed by atoms with Crippen molar-refractivity contribution in [2.75, 3.05) is 0 Å². The molecule has 0 saturated carbocycles. The number of hydrogen-bond acceptors (Lipinski definition) is 5. The molecule has 0 aliphatic carbocycles. The van der Waals surface area contributed by atoms with Gasteiger partial charge in [-0.3, -0.25) is 9.78 Å². The first-order valence-corrected chi connectivity index (χ1v) is 6.62. The topological polar surface area (TPSA) is 65.0 Å². The number of rotatable bonds is 3. The maximum atomic E-state index is 11.3. The van der Waals surface area contributed by atoms with Gasteiger partial charge in [0.15, 0.2) is 0 Å². The number of aromatic nitrogens is 3. The number of hydrogen-bond donors (Lipinski definition) is 0. The standard InChI is InChI=1S/C14H7Cl2N3O2/c15-12-4-13(19-7-18-12)21-9-1-2-10-8(3-9)5-17-6-11(10)14(16)20/h1-7H. The van der Waals surface area contributed by atoms with Crippen LogP contribution in [0.15, 0.2) is 43.0 Å². The van der Waals surface area contributed by atoms with Crippen LogP contribution in [0, 0.1) is 0 Å². The molecule has 0 saturated heterocycles. The summed E-state index contributed by atoms with van der Waals surface area (Å²) < 4.78 is 5.59. The molecule has 3 aromatic rings. The molecule has 2 heterocycles. The van der Waals surface area contributed by atoms with Gasteiger partial charge < -0.3 is 4.74 Å². The minimum Gasteiger partial charge on any atom is -0.439 e. The van der Waals surface area contributed by atoms with Crippen LogP contribution in [0.25, 0.3) is 10.8 Å². The summed E-state index contributed by atoms with van der Waals surface area (Å²) in [6.07, 6.45) is 4.37. The molecule has 104 valence electrons. The highest BCUT2D eigenvalue weighted by atomic mass is 35.5. The molecule has 7 heteroatoms. The van der Waals surface area contributed by atoms with E-state index in [2.05, 4.69) is 15.0 Å². The predicted molar refractivity (Wildman–Crippen MR) is 79.0 cm³/mol. The van der Waals surface area contributed by atoms with Crippen molar-refractivity contribution in [2.24, 2.45) is 0 Å². The van der Waals surface area contributed by atoms with Crippen LogP contribution in [0.3, 0.4) is 0 Å². The van der Waals surface area contributed by atoms with E-state index in [1.165, 1.54) is 18.6 Å². The van der Waals surface area contributed by atoms with Crippen LogP contribution in [0.2, 0.25) is 5.15 Å². The first-order valence-electron chi connectivity index (χ1n) is 5.86. The average Bonchev–Trinajstić information content (AvgIpc) is 2.46. The number of ether oxygens (including phenoxy) is 1. The fraction of sp³-hybridized carbons (Fsp3) is 0. The number of fused-ring (bicyclic) bond motifs is 1. The monoisotopic (exact) mass is 319 g/mol. The maximum Gasteiger partial charge on any atom is 0.254 e. The van der Waals surface area contributed by atoms with Crippen LogP contribution in [-0.2, 0) is 0 Å². The molecule has 1 aromatic carbocycles. The summed E-state index contributed by atoms with van der Waals surface area (Å²) in [5.74, 6) is 0.866. The molecule has 21 heavy (non-hydrogen) atoms. The van der Waals surface area contributed by atoms with Gasteiger partial charge in [0.1, 0.15) is 17.2 Å². The van der Waals surface area contributed by atoms with Crippen LogP contribution in [0.5, 0.6) is 11.6 Å². The van der Waals surface area contributed by atoms with Gasteiger partial charge in [-0.25, -0.2) is 9.97 Å². The maximum absolute atomic E-state index is 11.3. The fourth-order valence-electron chi connectivity index (χ4n) is 1.87. The van der Waals surface area contributed by atoms with E-state index in [9.17, 15) is 4.79 Å². The van der Waals surface area contributed by atoms with Crippen molar-refractivity contribution in [1.29, 1.82) is 0 Å². The molecule has 0 unspecified atom stereocenters. The molecule has 0 fully saturated rings. The zero-order valence-corrected chi connectivity index (χ0v) is 12.0. The van der Waals surface area contributed by atoms with Crippen LogP contribution >= 0.6 is 23.2 Å². The SMILES string of the molecule is O=C(Cl)c1cncc2cc(Oc3cc(Cl)ncn3)ccc12. The molecule has 2 aromatic heterocycles. The second kappa shape index (κ2) is 5.63. The van der Waals surface area contributed by atoms with Gasteiger partial charge in [0.05, 0.1) is 5.56 Å². The van der Waals surface area contributed by atoms with E-state index < -0.39 is 5.24 Å². The quantitative estimate of drug-likeness (QED) is 0.542. The van der Waals surface area contributed by atoms with Gasteiger partial charge in [0, 0.05) is 23.8 Å². The molecule has 0 aliphatic rings. The second-order valence-corrected chi connectivity index (χ2v) is 4.86. The molecule has 0 radical (unpaired) electrons. The summed E-state index contributed by atoms with van der Waals surface area (Å²) in [7, 11) is 0. The first-order chi connectivity index (χ1) is 10.1. The van der Waals surface area contributed by atoms with Gasteiger partial charge in [-0.05, 0) is 35.2 Å². The van der Waals surface area contributed by atoms with Gasteiger partial charge in [0.2, 0.25) is 5.88 Å². The van der Waals surface area contributed by atoms with Crippen molar-refractivity contribution >= 4 is 39.2 Å². The molecule has 0 amide bonds. The van der Waals surface area contributed by atoms with Gasteiger partial charge in [0.25, 0.3) is 5.24 Å². The van der Waals surface area contributed by atoms with Crippen LogP contribution in [0.4, 0.5) is 0 Å². The third-order valence-corrected chi connectivity index (χ3v) is 3.18. The second-order valence-electron chi connectivity index (χ2n) is 4.12. The lowest BCUT2D eigenvalue weighted by atomic mass is 10.1. The molecule has 0 N–H and O–H groups in total. The van der Waals surface area contributed by atoms with Crippen LogP contribution in [-0.4, -0.2) is 20.2 Å². The molecule has 0 atom stereocenters. The number of carbonyl (C=O) groups is 1. The third kappa shape index (κ3) is 2.94. The summed E-state index contributed by atoms with van der Waals surface area (Å²) in [4.78, 5) is 23.1.